The van der Waals surface area contributed by atoms with Crippen molar-refractivity contribution in [3.8, 4) is 5.75 Å². The molecule has 0 aliphatic rings. The van der Waals surface area contributed by atoms with Crippen LogP contribution in [0.5, 0.6) is 5.75 Å². The Bertz CT molecular complexity index is 900. The van der Waals surface area contributed by atoms with Gasteiger partial charge in [-0.25, -0.2) is 0 Å². The maximum absolute atomic E-state index is 6.21. The summed E-state index contributed by atoms with van der Waals surface area (Å²) in [7, 11) is 1.62. The van der Waals surface area contributed by atoms with Crippen LogP contribution in [0.1, 0.15) is 30.9 Å². The second kappa shape index (κ2) is 11.5. The molecule has 0 spiro atoms. The molecule has 0 fully saturated rings. The van der Waals surface area contributed by atoms with Crippen molar-refractivity contribution in [2.45, 2.75) is 32.9 Å². The first-order chi connectivity index (χ1) is 14.6. The predicted octanol–water partition coefficient (Wildman–Crippen LogP) is 6.92. The van der Waals surface area contributed by atoms with E-state index >= 15 is 0 Å². The predicted molar refractivity (Wildman–Crippen MR) is 127 cm³/mol. The van der Waals surface area contributed by atoms with Gasteiger partial charge in [0, 0.05) is 18.8 Å². The van der Waals surface area contributed by atoms with Gasteiger partial charge in [0.05, 0.1) is 17.8 Å². The number of hydrogen-bond donors (Lipinski definition) is 0. The lowest BCUT2D eigenvalue weighted by atomic mass is 10.1. The van der Waals surface area contributed by atoms with Crippen LogP contribution >= 0.6 is 11.6 Å². The summed E-state index contributed by atoms with van der Waals surface area (Å²) in [4.78, 5) is 7.22. The maximum Gasteiger partial charge on any atom is 0.137 e. The van der Waals surface area contributed by atoms with E-state index < -0.39 is 0 Å². The second-order valence-electron chi connectivity index (χ2n) is 7.45. The molecule has 156 valence electrons. The van der Waals surface area contributed by atoms with Gasteiger partial charge < -0.3 is 4.74 Å². The Kier molecular flexibility index (Phi) is 8.49. The van der Waals surface area contributed by atoms with Crippen molar-refractivity contribution in [3.05, 3.63) is 95.0 Å². The summed E-state index contributed by atoms with van der Waals surface area (Å²) in [5.41, 5.74) is 4.65. The lowest BCUT2D eigenvalue weighted by molar-refractivity contribution is 0.255. The van der Waals surface area contributed by atoms with Crippen molar-refractivity contribution in [2.75, 3.05) is 13.7 Å². The monoisotopic (exact) mass is 420 g/mol. The van der Waals surface area contributed by atoms with Crippen LogP contribution in [0.2, 0.25) is 5.02 Å². The number of halogens is 1. The van der Waals surface area contributed by atoms with Crippen molar-refractivity contribution in [3.63, 3.8) is 0 Å². The van der Waals surface area contributed by atoms with Gasteiger partial charge in [-0.1, -0.05) is 72.3 Å². The summed E-state index contributed by atoms with van der Waals surface area (Å²) < 4.78 is 5.21. The van der Waals surface area contributed by atoms with Gasteiger partial charge in [-0.05, 0) is 55.6 Å². The van der Waals surface area contributed by atoms with E-state index in [9.17, 15) is 0 Å². The third-order valence-electron chi connectivity index (χ3n) is 4.97. The van der Waals surface area contributed by atoms with Crippen LogP contribution in [0.4, 0.5) is 5.69 Å². The number of aliphatic imine (C=N–C) groups is 1. The average Bonchev–Trinajstić information content (AvgIpc) is 2.75. The number of benzene rings is 3. The molecule has 0 saturated carbocycles. The molecule has 0 saturated heterocycles. The van der Waals surface area contributed by atoms with E-state index in [0.717, 1.165) is 43.9 Å². The molecule has 0 aliphatic carbocycles. The fourth-order valence-electron chi connectivity index (χ4n) is 3.46. The van der Waals surface area contributed by atoms with Crippen LogP contribution in [0.3, 0.4) is 0 Å². The molecule has 0 heterocycles. The first-order valence-electron chi connectivity index (χ1n) is 10.3. The van der Waals surface area contributed by atoms with E-state index in [4.69, 9.17) is 21.3 Å². The zero-order valence-corrected chi connectivity index (χ0v) is 18.5. The molecule has 0 aromatic heterocycles. The average molecular weight is 421 g/mol. The van der Waals surface area contributed by atoms with Crippen molar-refractivity contribution < 1.29 is 4.74 Å². The maximum atomic E-state index is 6.21. The van der Waals surface area contributed by atoms with Crippen LogP contribution < -0.4 is 4.74 Å². The molecular formula is C26H29ClN2O. The summed E-state index contributed by atoms with van der Waals surface area (Å²) >= 11 is 6.21. The Balaban J connectivity index is 1.59. The van der Waals surface area contributed by atoms with E-state index in [1.165, 1.54) is 11.1 Å². The molecule has 0 N–H and O–H groups in total. The summed E-state index contributed by atoms with van der Waals surface area (Å²) in [6.45, 7) is 4.98. The molecule has 4 heteroatoms. The Hall–Kier alpha value is -2.62. The number of rotatable bonds is 10. The smallest absolute Gasteiger partial charge is 0.137 e. The minimum Gasteiger partial charge on any atom is -0.495 e. The van der Waals surface area contributed by atoms with Crippen LogP contribution in [0.15, 0.2) is 83.9 Å². The fraction of sp³-hybridized carbons (Fsp3) is 0.269. The van der Waals surface area contributed by atoms with Gasteiger partial charge in [0.2, 0.25) is 0 Å². The van der Waals surface area contributed by atoms with Crippen molar-refractivity contribution >= 4 is 23.0 Å². The Labute approximate surface area is 185 Å². The lowest BCUT2D eigenvalue weighted by Gasteiger charge is -2.22. The van der Waals surface area contributed by atoms with Crippen LogP contribution in [-0.2, 0) is 13.1 Å². The van der Waals surface area contributed by atoms with Gasteiger partial charge in [-0.15, -0.1) is 0 Å². The highest BCUT2D eigenvalue weighted by Gasteiger charge is 2.08. The first-order valence-corrected chi connectivity index (χ1v) is 10.7. The lowest BCUT2D eigenvalue weighted by Crippen LogP contribution is -2.24. The first kappa shape index (κ1) is 22.1. The highest BCUT2D eigenvalue weighted by Crippen LogP contribution is 2.28. The quantitative estimate of drug-likeness (QED) is 0.332. The molecule has 0 radical (unpaired) electrons. The third-order valence-corrected chi connectivity index (χ3v) is 5.26. The van der Waals surface area contributed by atoms with Gasteiger partial charge >= 0.3 is 0 Å². The van der Waals surface area contributed by atoms with E-state index in [1.54, 1.807) is 7.11 Å². The van der Waals surface area contributed by atoms with Gasteiger partial charge in [-0.3, -0.25) is 9.89 Å². The van der Waals surface area contributed by atoms with Crippen LogP contribution in [-0.4, -0.2) is 24.3 Å². The van der Waals surface area contributed by atoms with Crippen LogP contribution in [0, 0.1) is 0 Å². The minimum atomic E-state index is 0.587. The van der Waals surface area contributed by atoms with Crippen molar-refractivity contribution in [1.82, 2.24) is 4.90 Å². The molecular weight excluding hydrogens is 392 g/mol. The molecule has 0 unspecified atom stereocenters. The Morgan fingerprint density at radius 1 is 0.900 bits per heavy atom. The Morgan fingerprint density at radius 2 is 1.50 bits per heavy atom. The van der Waals surface area contributed by atoms with E-state index in [-0.39, 0.29) is 0 Å². The van der Waals surface area contributed by atoms with Gasteiger partial charge in [0.25, 0.3) is 0 Å². The van der Waals surface area contributed by atoms with Crippen molar-refractivity contribution in [1.29, 1.82) is 0 Å². The standard InChI is InChI=1S/C26H29ClN2O/c1-21(28-24-15-16-26(30-2)25(27)18-24)10-9-17-29(19-22-11-5-3-6-12-22)20-23-13-7-4-8-14-23/h3-8,11-16,18H,9-10,17,19-20H2,1-2H3. The number of nitrogens with zero attached hydrogens (tertiary/aromatic N) is 2. The summed E-state index contributed by atoms with van der Waals surface area (Å²) in [5.74, 6) is 0.672. The van der Waals surface area contributed by atoms with E-state index in [2.05, 4.69) is 72.5 Å². The SMILES string of the molecule is COc1ccc(N=C(C)CCCN(Cc2ccccc2)Cc2ccccc2)cc1Cl. The highest BCUT2D eigenvalue weighted by molar-refractivity contribution is 6.32. The van der Waals surface area contributed by atoms with Gasteiger partial charge in [0.1, 0.15) is 5.75 Å². The van der Waals surface area contributed by atoms with Gasteiger partial charge in [0.15, 0.2) is 0 Å². The molecule has 3 aromatic rings. The zero-order valence-electron chi connectivity index (χ0n) is 17.7. The fourth-order valence-corrected chi connectivity index (χ4v) is 3.71. The Morgan fingerprint density at radius 3 is 2.03 bits per heavy atom. The number of ether oxygens (including phenoxy) is 1. The largest absolute Gasteiger partial charge is 0.495 e. The van der Waals surface area contributed by atoms with Crippen molar-refractivity contribution in [2.24, 2.45) is 4.99 Å². The van der Waals surface area contributed by atoms with E-state index in [1.807, 2.05) is 18.2 Å². The van der Waals surface area contributed by atoms with Gasteiger partial charge in [-0.2, -0.15) is 0 Å². The normalized spacial score (nSPS) is 11.7. The molecule has 30 heavy (non-hydrogen) atoms. The number of methoxy groups -OCH3 is 1. The topological polar surface area (TPSA) is 24.8 Å². The summed E-state index contributed by atoms with van der Waals surface area (Å²) in [6.07, 6.45) is 2.00. The summed E-state index contributed by atoms with van der Waals surface area (Å²) in [5, 5.41) is 0.587. The number of hydrogen-bond acceptors (Lipinski definition) is 3. The summed E-state index contributed by atoms with van der Waals surface area (Å²) in [6, 6.07) is 27.0. The molecule has 0 bridgehead atoms. The minimum absolute atomic E-state index is 0.587. The highest BCUT2D eigenvalue weighted by atomic mass is 35.5. The molecule has 0 atom stereocenters. The third kappa shape index (κ3) is 7.01. The molecule has 3 nitrogen and oxygen atoms in total. The molecule has 0 aliphatic heterocycles. The second-order valence-corrected chi connectivity index (χ2v) is 7.86. The molecule has 0 amide bonds. The molecule has 3 rings (SSSR count). The van der Waals surface area contributed by atoms with E-state index in [0.29, 0.717) is 10.8 Å². The van der Waals surface area contributed by atoms with Crippen LogP contribution in [0.25, 0.3) is 0 Å². The molecule has 3 aromatic carbocycles. The zero-order chi connectivity index (χ0) is 21.2.